The Morgan fingerprint density at radius 3 is 2.13 bits per heavy atom. The van der Waals surface area contributed by atoms with Crippen molar-refractivity contribution in [1.82, 2.24) is 0 Å². The molecule has 2 saturated carbocycles. The van der Waals surface area contributed by atoms with Gasteiger partial charge in [0.25, 0.3) is 0 Å². The quantitative estimate of drug-likeness (QED) is 0.802. The number of aliphatic carboxylic acids is 1. The third-order valence-electron chi connectivity index (χ3n) is 3.71. The van der Waals surface area contributed by atoms with Crippen LogP contribution >= 0.6 is 11.8 Å². The monoisotopic (exact) mass is 228 g/mol. The van der Waals surface area contributed by atoms with Crippen molar-refractivity contribution in [3.05, 3.63) is 0 Å². The molecule has 2 fully saturated rings. The summed E-state index contributed by atoms with van der Waals surface area (Å²) in [7, 11) is 0. The summed E-state index contributed by atoms with van der Waals surface area (Å²) in [5, 5.41) is 9.79. The first kappa shape index (κ1) is 11.3. The second kappa shape index (κ2) is 5.24. The molecule has 0 amide bonds. The maximum atomic E-state index is 11.3. The molecule has 0 heterocycles. The minimum atomic E-state index is -0.571. The van der Waals surface area contributed by atoms with E-state index >= 15 is 0 Å². The van der Waals surface area contributed by atoms with E-state index in [-0.39, 0.29) is 5.25 Å². The zero-order valence-corrected chi connectivity index (χ0v) is 9.97. The molecule has 2 nitrogen and oxygen atoms in total. The van der Waals surface area contributed by atoms with E-state index in [0.717, 1.165) is 12.8 Å². The summed E-state index contributed by atoms with van der Waals surface area (Å²) in [6.07, 6.45) is 9.82. The van der Waals surface area contributed by atoms with Gasteiger partial charge >= 0.3 is 5.97 Å². The lowest BCUT2D eigenvalue weighted by Gasteiger charge is -2.21. The predicted octanol–water partition coefficient (Wildman–Crippen LogP) is 3.31. The van der Waals surface area contributed by atoms with Crippen LogP contribution in [0.25, 0.3) is 0 Å². The predicted molar refractivity (Wildman–Crippen MR) is 63.2 cm³/mol. The number of thioether (sulfide) groups is 1. The third kappa shape index (κ3) is 2.90. The van der Waals surface area contributed by atoms with Crippen LogP contribution in [0.1, 0.15) is 51.4 Å². The molecule has 0 aromatic heterocycles. The Morgan fingerprint density at radius 1 is 1.07 bits per heavy atom. The van der Waals surface area contributed by atoms with Gasteiger partial charge in [-0.25, -0.2) is 0 Å². The maximum Gasteiger partial charge on any atom is 0.316 e. The molecule has 2 aliphatic carbocycles. The fourth-order valence-corrected chi connectivity index (χ4v) is 4.49. The Morgan fingerprint density at radius 2 is 1.60 bits per heavy atom. The van der Waals surface area contributed by atoms with Crippen molar-refractivity contribution in [2.24, 2.45) is 5.92 Å². The van der Waals surface area contributed by atoms with Crippen LogP contribution in [0.2, 0.25) is 0 Å². The minimum absolute atomic E-state index is 0.115. The number of carboxylic acids is 1. The van der Waals surface area contributed by atoms with Crippen LogP contribution in [0.3, 0.4) is 0 Å². The summed E-state index contributed by atoms with van der Waals surface area (Å²) in [5.74, 6) is -0.119. The molecule has 1 unspecified atom stereocenters. The average molecular weight is 228 g/mol. The van der Waals surface area contributed by atoms with Gasteiger partial charge in [0, 0.05) is 5.25 Å². The van der Waals surface area contributed by atoms with Gasteiger partial charge in [-0.05, 0) is 31.6 Å². The molecule has 1 atom stereocenters. The van der Waals surface area contributed by atoms with Crippen LogP contribution in [-0.2, 0) is 4.79 Å². The highest BCUT2D eigenvalue weighted by Gasteiger charge is 2.33. The van der Waals surface area contributed by atoms with E-state index in [0.29, 0.717) is 11.2 Å². The van der Waals surface area contributed by atoms with Gasteiger partial charge in [-0.1, -0.05) is 25.7 Å². The SMILES string of the molecule is O=C(O)C(SC1CCCC1)C1CCCC1. The Labute approximate surface area is 95.8 Å². The van der Waals surface area contributed by atoms with Gasteiger partial charge in [0.2, 0.25) is 0 Å². The molecule has 0 aliphatic heterocycles. The molecule has 0 spiro atoms. The third-order valence-corrected chi connectivity index (χ3v) is 5.45. The number of rotatable bonds is 4. The molecule has 3 heteroatoms. The Hall–Kier alpha value is -0.180. The molecule has 1 N–H and O–H groups in total. The molecule has 0 aromatic carbocycles. The second-order valence-electron chi connectivity index (χ2n) is 4.85. The van der Waals surface area contributed by atoms with Gasteiger partial charge in [-0.3, -0.25) is 4.79 Å². The van der Waals surface area contributed by atoms with E-state index in [1.165, 1.54) is 38.5 Å². The Bertz CT molecular complexity index is 218. The molecular weight excluding hydrogens is 208 g/mol. The van der Waals surface area contributed by atoms with E-state index in [2.05, 4.69) is 0 Å². The zero-order chi connectivity index (χ0) is 10.7. The minimum Gasteiger partial charge on any atom is -0.480 e. The normalized spacial score (nSPS) is 25.9. The van der Waals surface area contributed by atoms with Crippen molar-refractivity contribution in [2.75, 3.05) is 0 Å². The van der Waals surface area contributed by atoms with Crippen molar-refractivity contribution in [3.63, 3.8) is 0 Å². The highest BCUT2D eigenvalue weighted by atomic mass is 32.2. The number of carbonyl (C=O) groups is 1. The van der Waals surface area contributed by atoms with Crippen LogP contribution in [0.4, 0.5) is 0 Å². The number of carboxylic acid groups (broad SMARTS) is 1. The molecule has 0 radical (unpaired) electrons. The summed E-state index contributed by atoms with van der Waals surface area (Å²) in [5.41, 5.74) is 0. The first-order valence-corrected chi connectivity index (χ1v) is 7.10. The lowest BCUT2D eigenvalue weighted by Crippen LogP contribution is -2.26. The topological polar surface area (TPSA) is 37.3 Å². The van der Waals surface area contributed by atoms with Gasteiger partial charge < -0.3 is 5.11 Å². The van der Waals surface area contributed by atoms with E-state index in [1.54, 1.807) is 11.8 Å². The summed E-state index contributed by atoms with van der Waals surface area (Å²) in [6.45, 7) is 0. The van der Waals surface area contributed by atoms with E-state index in [1.807, 2.05) is 0 Å². The van der Waals surface area contributed by atoms with Gasteiger partial charge in [0.15, 0.2) is 0 Å². The molecular formula is C12H20O2S. The fourth-order valence-electron chi connectivity index (χ4n) is 2.86. The first-order valence-electron chi connectivity index (χ1n) is 6.15. The first-order chi connectivity index (χ1) is 7.27. The van der Waals surface area contributed by atoms with E-state index in [4.69, 9.17) is 0 Å². The lowest BCUT2D eigenvalue weighted by molar-refractivity contribution is -0.137. The van der Waals surface area contributed by atoms with Crippen molar-refractivity contribution in [3.8, 4) is 0 Å². The Kier molecular flexibility index (Phi) is 3.95. The van der Waals surface area contributed by atoms with Gasteiger partial charge in [-0.2, -0.15) is 0 Å². The van der Waals surface area contributed by atoms with Crippen LogP contribution in [0.15, 0.2) is 0 Å². The Balaban J connectivity index is 1.89. The zero-order valence-electron chi connectivity index (χ0n) is 9.15. The number of hydrogen-bond acceptors (Lipinski definition) is 2. The maximum absolute atomic E-state index is 11.3. The lowest BCUT2D eigenvalue weighted by atomic mass is 10.0. The molecule has 2 aliphatic rings. The average Bonchev–Trinajstić information content (AvgIpc) is 2.87. The summed E-state index contributed by atoms with van der Waals surface area (Å²) in [4.78, 5) is 11.3. The molecule has 86 valence electrons. The van der Waals surface area contributed by atoms with Crippen LogP contribution in [0, 0.1) is 5.92 Å². The highest BCUT2D eigenvalue weighted by Crippen LogP contribution is 2.40. The van der Waals surface area contributed by atoms with E-state index < -0.39 is 5.97 Å². The molecule has 0 aromatic rings. The fraction of sp³-hybridized carbons (Fsp3) is 0.917. The van der Waals surface area contributed by atoms with Crippen molar-refractivity contribution in [1.29, 1.82) is 0 Å². The highest BCUT2D eigenvalue weighted by molar-refractivity contribution is 8.01. The molecule has 0 saturated heterocycles. The number of hydrogen-bond donors (Lipinski definition) is 1. The van der Waals surface area contributed by atoms with Gasteiger partial charge in [0.05, 0.1) is 0 Å². The van der Waals surface area contributed by atoms with Gasteiger partial charge in [0.1, 0.15) is 5.25 Å². The molecule has 15 heavy (non-hydrogen) atoms. The van der Waals surface area contributed by atoms with Crippen LogP contribution in [-0.4, -0.2) is 21.6 Å². The van der Waals surface area contributed by atoms with Crippen molar-refractivity contribution < 1.29 is 9.90 Å². The van der Waals surface area contributed by atoms with Crippen molar-refractivity contribution in [2.45, 2.75) is 61.9 Å². The smallest absolute Gasteiger partial charge is 0.316 e. The van der Waals surface area contributed by atoms with Gasteiger partial charge in [-0.15, -0.1) is 11.8 Å². The molecule has 2 rings (SSSR count). The largest absolute Gasteiger partial charge is 0.480 e. The second-order valence-corrected chi connectivity index (χ2v) is 6.29. The standard InChI is InChI=1S/C12H20O2S/c13-12(14)11(9-5-1-2-6-9)15-10-7-3-4-8-10/h9-11H,1-8H2,(H,13,14). The van der Waals surface area contributed by atoms with Crippen LogP contribution in [0.5, 0.6) is 0 Å². The summed E-state index contributed by atoms with van der Waals surface area (Å²) >= 11 is 1.76. The van der Waals surface area contributed by atoms with Crippen molar-refractivity contribution >= 4 is 17.7 Å². The van der Waals surface area contributed by atoms with E-state index in [9.17, 15) is 9.90 Å². The van der Waals surface area contributed by atoms with Crippen LogP contribution < -0.4 is 0 Å². The molecule has 0 bridgehead atoms. The summed E-state index contributed by atoms with van der Waals surface area (Å²) < 4.78 is 0. The summed E-state index contributed by atoms with van der Waals surface area (Å²) in [6, 6.07) is 0.